The molecule has 1 amide bonds. The molecule has 0 spiro atoms. The molecule has 1 atom stereocenters. The van der Waals surface area contributed by atoms with Gasteiger partial charge in [0.2, 0.25) is 0 Å². The highest BCUT2D eigenvalue weighted by atomic mass is 35.5. The number of aromatic nitrogens is 2. The van der Waals surface area contributed by atoms with Crippen molar-refractivity contribution in [1.29, 1.82) is 0 Å². The smallest absolute Gasteiger partial charge is 0.253 e. The van der Waals surface area contributed by atoms with Crippen LogP contribution >= 0.6 is 22.9 Å². The molecule has 100 valence electrons. The highest BCUT2D eigenvalue weighted by Crippen LogP contribution is 2.21. The van der Waals surface area contributed by atoms with Gasteiger partial charge in [0.1, 0.15) is 10.8 Å². The van der Waals surface area contributed by atoms with E-state index in [9.17, 15) is 4.79 Å². The molecule has 0 bridgehead atoms. The van der Waals surface area contributed by atoms with Gasteiger partial charge < -0.3 is 11.1 Å². The molecule has 0 aliphatic carbocycles. The van der Waals surface area contributed by atoms with Crippen molar-refractivity contribution in [1.82, 2.24) is 15.3 Å². The molecule has 7 heteroatoms. The SMILES string of the molecule is CCC(NC(=O)c1cc(N)ncc1Cl)c1nccs1. The molecule has 1 unspecified atom stereocenters. The van der Waals surface area contributed by atoms with Crippen LogP contribution in [0.25, 0.3) is 0 Å². The van der Waals surface area contributed by atoms with E-state index in [0.29, 0.717) is 5.56 Å². The van der Waals surface area contributed by atoms with E-state index in [1.165, 1.54) is 23.6 Å². The zero-order chi connectivity index (χ0) is 13.8. The van der Waals surface area contributed by atoms with E-state index < -0.39 is 0 Å². The summed E-state index contributed by atoms with van der Waals surface area (Å²) in [5.74, 6) is -0.0157. The number of carbonyl (C=O) groups is 1. The summed E-state index contributed by atoms with van der Waals surface area (Å²) in [7, 11) is 0. The molecule has 3 N–H and O–H groups in total. The maximum Gasteiger partial charge on any atom is 0.253 e. The van der Waals surface area contributed by atoms with Crippen LogP contribution in [0, 0.1) is 0 Å². The van der Waals surface area contributed by atoms with Gasteiger partial charge in [-0.25, -0.2) is 9.97 Å². The standard InChI is InChI=1S/C12H13ClN4OS/c1-2-9(12-15-3-4-19-12)17-11(18)7-5-10(14)16-6-8(7)13/h3-6,9H,2H2,1H3,(H2,14,16)(H,17,18). The van der Waals surface area contributed by atoms with Crippen molar-refractivity contribution in [2.45, 2.75) is 19.4 Å². The third-order valence-electron chi connectivity index (χ3n) is 2.58. The Morgan fingerprint density at radius 2 is 2.37 bits per heavy atom. The summed E-state index contributed by atoms with van der Waals surface area (Å²) in [6.45, 7) is 1.98. The van der Waals surface area contributed by atoms with E-state index in [4.69, 9.17) is 17.3 Å². The molecular weight excluding hydrogens is 284 g/mol. The molecule has 0 aliphatic heterocycles. The van der Waals surface area contributed by atoms with Gasteiger partial charge in [0, 0.05) is 17.8 Å². The number of halogens is 1. The Balaban J connectivity index is 2.18. The van der Waals surface area contributed by atoms with Crippen LogP contribution in [0.5, 0.6) is 0 Å². The van der Waals surface area contributed by atoms with Gasteiger partial charge in [0.15, 0.2) is 0 Å². The van der Waals surface area contributed by atoms with Gasteiger partial charge >= 0.3 is 0 Å². The van der Waals surface area contributed by atoms with Crippen molar-refractivity contribution < 1.29 is 4.79 Å². The fourth-order valence-corrected chi connectivity index (χ4v) is 2.57. The molecular formula is C12H13ClN4OS. The number of rotatable bonds is 4. The van der Waals surface area contributed by atoms with Crippen LogP contribution in [0.2, 0.25) is 5.02 Å². The molecule has 2 aromatic rings. The predicted octanol–water partition coefficient (Wildman–Crippen LogP) is 2.65. The Morgan fingerprint density at radius 3 is 3.00 bits per heavy atom. The van der Waals surface area contributed by atoms with Gasteiger partial charge in [-0.05, 0) is 12.5 Å². The van der Waals surface area contributed by atoms with Crippen molar-refractivity contribution in [3.63, 3.8) is 0 Å². The van der Waals surface area contributed by atoms with Crippen molar-refractivity contribution in [3.8, 4) is 0 Å². The first-order chi connectivity index (χ1) is 9.11. The summed E-state index contributed by atoms with van der Waals surface area (Å²) in [5, 5.41) is 5.92. The number of nitrogens with zero attached hydrogens (tertiary/aromatic N) is 2. The largest absolute Gasteiger partial charge is 0.384 e. The topological polar surface area (TPSA) is 80.9 Å². The number of carbonyl (C=O) groups excluding carboxylic acids is 1. The van der Waals surface area contributed by atoms with E-state index >= 15 is 0 Å². The summed E-state index contributed by atoms with van der Waals surface area (Å²) in [5.41, 5.74) is 5.89. The van der Waals surface area contributed by atoms with Crippen molar-refractivity contribution in [3.05, 3.63) is 39.4 Å². The third-order valence-corrected chi connectivity index (χ3v) is 3.77. The van der Waals surface area contributed by atoms with Crippen molar-refractivity contribution in [2.24, 2.45) is 0 Å². The lowest BCUT2D eigenvalue weighted by atomic mass is 10.2. The van der Waals surface area contributed by atoms with Crippen LogP contribution in [-0.4, -0.2) is 15.9 Å². The van der Waals surface area contributed by atoms with Gasteiger partial charge in [-0.3, -0.25) is 4.79 Å². The number of thiazole rings is 1. The number of hydrogen-bond donors (Lipinski definition) is 2. The normalized spacial score (nSPS) is 12.1. The summed E-state index contributed by atoms with van der Waals surface area (Å²) < 4.78 is 0. The maximum absolute atomic E-state index is 12.2. The lowest BCUT2D eigenvalue weighted by Gasteiger charge is -2.15. The molecule has 0 radical (unpaired) electrons. The fourth-order valence-electron chi connectivity index (χ4n) is 1.61. The monoisotopic (exact) mass is 296 g/mol. The van der Waals surface area contributed by atoms with E-state index in [2.05, 4.69) is 15.3 Å². The second-order valence-electron chi connectivity index (χ2n) is 3.89. The van der Waals surface area contributed by atoms with E-state index in [0.717, 1.165) is 11.4 Å². The minimum atomic E-state index is -0.277. The highest BCUT2D eigenvalue weighted by molar-refractivity contribution is 7.09. The zero-order valence-corrected chi connectivity index (χ0v) is 11.8. The number of hydrogen-bond acceptors (Lipinski definition) is 5. The van der Waals surface area contributed by atoms with Crippen molar-refractivity contribution >= 4 is 34.7 Å². The molecule has 0 aliphatic rings. The van der Waals surface area contributed by atoms with Gasteiger partial charge in [-0.2, -0.15) is 0 Å². The second-order valence-corrected chi connectivity index (χ2v) is 5.23. The lowest BCUT2D eigenvalue weighted by molar-refractivity contribution is 0.0935. The molecule has 2 rings (SSSR count). The number of anilines is 1. The molecule has 5 nitrogen and oxygen atoms in total. The zero-order valence-electron chi connectivity index (χ0n) is 10.3. The minimum Gasteiger partial charge on any atom is -0.384 e. The minimum absolute atomic E-state index is 0.127. The number of pyridine rings is 1. The molecule has 0 saturated heterocycles. The molecule has 0 aromatic carbocycles. The Hall–Kier alpha value is -1.66. The maximum atomic E-state index is 12.2. The van der Waals surface area contributed by atoms with E-state index in [1.54, 1.807) is 6.20 Å². The summed E-state index contributed by atoms with van der Waals surface area (Å²) in [6.07, 6.45) is 3.83. The lowest BCUT2D eigenvalue weighted by Crippen LogP contribution is -2.28. The predicted molar refractivity (Wildman–Crippen MR) is 76.3 cm³/mol. The average molecular weight is 297 g/mol. The van der Waals surface area contributed by atoms with E-state index in [1.807, 2.05) is 12.3 Å². The van der Waals surface area contributed by atoms with Crippen LogP contribution < -0.4 is 11.1 Å². The fraction of sp³-hybridized carbons (Fsp3) is 0.250. The van der Waals surface area contributed by atoms with Gasteiger partial charge in [-0.1, -0.05) is 18.5 Å². The average Bonchev–Trinajstić information content (AvgIpc) is 2.92. The summed E-state index contributed by atoms with van der Waals surface area (Å²) in [6, 6.07) is 1.34. The quantitative estimate of drug-likeness (QED) is 0.909. The van der Waals surface area contributed by atoms with Gasteiger partial charge in [0.25, 0.3) is 5.91 Å². The molecule has 2 heterocycles. The molecule has 0 fully saturated rings. The Morgan fingerprint density at radius 1 is 1.58 bits per heavy atom. The van der Waals surface area contributed by atoms with Crippen LogP contribution in [-0.2, 0) is 0 Å². The molecule has 19 heavy (non-hydrogen) atoms. The second kappa shape index (κ2) is 5.99. The van der Waals surface area contributed by atoms with Crippen LogP contribution in [0.3, 0.4) is 0 Å². The summed E-state index contributed by atoms with van der Waals surface area (Å²) in [4.78, 5) is 20.2. The summed E-state index contributed by atoms with van der Waals surface area (Å²) >= 11 is 7.45. The first-order valence-electron chi connectivity index (χ1n) is 5.73. The van der Waals surface area contributed by atoms with Crippen LogP contribution in [0.1, 0.15) is 34.8 Å². The van der Waals surface area contributed by atoms with Crippen LogP contribution in [0.4, 0.5) is 5.82 Å². The Bertz CT molecular complexity index is 573. The Labute approximate surface area is 119 Å². The number of nitrogens with two attached hydrogens (primary N) is 1. The Kier molecular flexibility index (Phi) is 4.34. The molecule has 0 saturated carbocycles. The van der Waals surface area contributed by atoms with Crippen LogP contribution in [0.15, 0.2) is 23.8 Å². The number of amides is 1. The van der Waals surface area contributed by atoms with Gasteiger partial charge in [-0.15, -0.1) is 11.3 Å². The third kappa shape index (κ3) is 3.21. The number of nitrogens with one attached hydrogen (secondary N) is 1. The van der Waals surface area contributed by atoms with Crippen molar-refractivity contribution in [2.75, 3.05) is 5.73 Å². The first kappa shape index (κ1) is 13.8. The number of nitrogen functional groups attached to an aromatic ring is 1. The van der Waals surface area contributed by atoms with E-state index in [-0.39, 0.29) is 22.8 Å². The highest BCUT2D eigenvalue weighted by Gasteiger charge is 2.18. The van der Waals surface area contributed by atoms with Gasteiger partial charge in [0.05, 0.1) is 16.6 Å². The first-order valence-corrected chi connectivity index (χ1v) is 6.98. The molecule has 2 aromatic heterocycles.